The summed E-state index contributed by atoms with van der Waals surface area (Å²) in [6, 6.07) is 10.8. The topological polar surface area (TPSA) is 95.3 Å². The van der Waals surface area contributed by atoms with Crippen molar-refractivity contribution in [3.63, 3.8) is 0 Å². The molecule has 186 valence electrons. The lowest BCUT2D eigenvalue weighted by molar-refractivity contribution is -0.113. The lowest BCUT2D eigenvalue weighted by atomic mass is 10.0. The Morgan fingerprint density at radius 2 is 1.94 bits per heavy atom. The third-order valence-electron chi connectivity index (χ3n) is 5.33. The van der Waals surface area contributed by atoms with Crippen molar-refractivity contribution in [3.05, 3.63) is 63.9 Å². The van der Waals surface area contributed by atoms with Crippen molar-refractivity contribution in [2.75, 3.05) is 24.8 Å². The van der Waals surface area contributed by atoms with Gasteiger partial charge in [-0.05, 0) is 62.1 Å². The van der Waals surface area contributed by atoms with Crippen LogP contribution in [0.2, 0.25) is 5.02 Å². The predicted molar refractivity (Wildman–Crippen MR) is 138 cm³/mol. The Morgan fingerprint density at radius 1 is 1.14 bits per heavy atom. The van der Waals surface area contributed by atoms with Crippen molar-refractivity contribution in [2.24, 2.45) is 7.05 Å². The maximum atomic E-state index is 12.5. The van der Waals surface area contributed by atoms with Gasteiger partial charge in [0.25, 0.3) is 0 Å². The molecule has 1 amide bonds. The Hall–Kier alpha value is -3.04. The van der Waals surface area contributed by atoms with Crippen LogP contribution in [0.25, 0.3) is 0 Å². The number of rotatable bonds is 11. The number of ether oxygens (including phenoxy) is 2. The molecule has 3 rings (SSSR count). The molecule has 2 aromatic carbocycles. The first kappa shape index (κ1) is 26.6. The summed E-state index contributed by atoms with van der Waals surface area (Å²) in [5.41, 5.74) is 3.05. The van der Waals surface area contributed by atoms with Crippen LogP contribution in [0, 0.1) is 6.92 Å². The van der Waals surface area contributed by atoms with E-state index in [1.165, 1.54) is 23.4 Å². The number of esters is 1. The van der Waals surface area contributed by atoms with Gasteiger partial charge in [-0.1, -0.05) is 35.5 Å². The average molecular weight is 517 g/mol. The highest BCUT2D eigenvalue weighted by molar-refractivity contribution is 7.99. The number of nitrogens with one attached hydrogen (secondary N) is 1. The molecule has 10 heteroatoms. The van der Waals surface area contributed by atoms with Crippen LogP contribution in [0.1, 0.15) is 40.7 Å². The number of benzene rings is 2. The summed E-state index contributed by atoms with van der Waals surface area (Å²) >= 11 is 7.46. The van der Waals surface area contributed by atoms with E-state index in [0.717, 1.165) is 36.4 Å². The van der Waals surface area contributed by atoms with Crippen LogP contribution in [0.5, 0.6) is 5.75 Å². The molecule has 0 bridgehead atoms. The molecule has 0 aliphatic heterocycles. The van der Waals surface area contributed by atoms with E-state index in [1.54, 1.807) is 26.2 Å². The van der Waals surface area contributed by atoms with Crippen LogP contribution in [-0.4, -0.2) is 46.1 Å². The predicted octanol–water partition coefficient (Wildman–Crippen LogP) is 4.87. The van der Waals surface area contributed by atoms with E-state index in [4.69, 9.17) is 21.1 Å². The summed E-state index contributed by atoms with van der Waals surface area (Å²) in [6.45, 7) is 4.03. The minimum Gasteiger partial charge on any atom is -0.496 e. The van der Waals surface area contributed by atoms with Crippen molar-refractivity contribution >= 4 is 40.9 Å². The van der Waals surface area contributed by atoms with Gasteiger partial charge < -0.3 is 19.4 Å². The number of carbonyl (C=O) groups is 2. The molecule has 0 aliphatic carbocycles. The number of aryl methyl sites for hydroxylation is 3. The van der Waals surface area contributed by atoms with E-state index >= 15 is 0 Å². The van der Waals surface area contributed by atoms with Gasteiger partial charge in [0.05, 0.1) is 35.7 Å². The lowest BCUT2D eigenvalue weighted by Crippen LogP contribution is -2.15. The lowest BCUT2D eigenvalue weighted by Gasteiger charge is -2.09. The largest absolute Gasteiger partial charge is 0.496 e. The fourth-order valence-corrected chi connectivity index (χ4v) is 4.41. The number of carbonyl (C=O) groups excluding carboxylic acids is 2. The molecule has 1 N–H and O–H groups in total. The number of hydrogen-bond donors (Lipinski definition) is 1. The zero-order chi connectivity index (χ0) is 25.4. The van der Waals surface area contributed by atoms with E-state index in [2.05, 4.69) is 27.6 Å². The molecule has 0 unspecified atom stereocenters. The molecule has 0 aliphatic rings. The van der Waals surface area contributed by atoms with Gasteiger partial charge in [0.2, 0.25) is 5.91 Å². The van der Waals surface area contributed by atoms with Crippen molar-refractivity contribution in [1.82, 2.24) is 14.8 Å². The Kier molecular flexibility index (Phi) is 9.56. The molecule has 35 heavy (non-hydrogen) atoms. The molecule has 1 heterocycles. The normalized spacial score (nSPS) is 10.8. The Morgan fingerprint density at radius 3 is 2.66 bits per heavy atom. The molecule has 0 fully saturated rings. The van der Waals surface area contributed by atoms with Gasteiger partial charge in [-0.3, -0.25) is 4.79 Å². The van der Waals surface area contributed by atoms with Gasteiger partial charge in [0.1, 0.15) is 11.6 Å². The summed E-state index contributed by atoms with van der Waals surface area (Å²) in [7, 11) is 3.57. The van der Waals surface area contributed by atoms with Crippen molar-refractivity contribution < 1.29 is 19.1 Å². The molecule has 0 radical (unpaired) electrons. The highest BCUT2D eigenvalue weighted by Gasteiger charge is 2.14. The van der Waals surface area contributed by atoms with Crippen molar-refractivity contribution in [3.8, 4) is 5.75 Å². The fraction of sp³-hybridized carbons (Fsp3) is 0.360. The zero-order valence-corrected chi connectivity index (χ0v) is 21.8. The van der Waals surface area contributed by atoms with Gasteiger partial charge in [0, 0.05) is 13.5 Å². The van der Waals surface area contributed by atoms with Crippen LogP contribution in [0.3, 0.4) is 0 Å². The molecule has 0 spiro atoms. The number of aromatic nitrogens is 3. The molecule has 8 nitrogen and oxygen atoms in total. The standard InChI is InChI=1S/C25H29ClN4O4S/c1-5-34-24(32)18-10-11-19(26)20(14-18)27-23(31)15-35-25-29-28-22(30(25)3)8-6-7-17-9-12-21(33-4)16(2)13-17/h9-14H,5-8,15H2,1-4H3,(H,27,31). The highest BCUT2D eigenvalue weighted by Crippen LogP contribution is 2.25. The summed E-state index contributed by atoms with van der Waals surface area (Å²) < 4.78 is 12.2. The second-order valence-corrected chi connectivity index (χ2v) is 9.22. The maximum Gasteiger partial charge on any atom is 0.338 e. The highest BCUT2D eigenvalue weighted by atomic mass is 35.5. The number of halogens is 1. The fourth-order valence-electron chi connectivity index (χ4n) is 3.51. The molecular weight excluding hydrogens is 488 g/mol. The number of methoxy groups -OCH3 is 1. The first-order valence-corrected chi connectivity index (χ1v) is 12.6. The van der Waals surface area contributed by atoms with E-state index in [1.807, 2.05) is 24.6 Å². The van der Waals surface area contributed by atoms with Gasteiger partial charge >= 0.3 is 5.97 Å². The monoisotopic (exact) mass is 516 g/mol. The third-order valence-corrected chi connectivity index (χ3v) is 6.68. The summed E-state index contributed by atoms with van der Waals surface area (Å²) in [5, 5.41) is 12.2. The van der Waals surface area contributed by atoms with E-state index in [-0.39, 0.29) is 18.3 Å². The van der Waals surface area contributed by atoms with E-state index in [9.17, 15) is 9.59 Å². The van der Waals surface area contributed by atoms with Crippen LogP contribution >= 0.6 is 23.4 Å². The SMILES string of the molecule is CCOC(=O)c1ccc(Cl)c(NC(=O)CSc2nnc(CCCc3ccc(OC)c(C)c3)n2C)c1. The van der Waals surface area contributed by atoms with Gasteiger partial charge in [-0.15, -0.1) is 10.2 Å². The first-order valence-electron chi connectivity index (χ1n) is 11.2. The Labute approximate surface area is 214 Å². The summed E-state index contributed by atoms with van der Waals surface area (Å²) in [4.78, 5) is 24.4. The molecule has 0 saturated carbocycles. The summed E-state index contributed by atoms with van der Waals surface area (Å²) in [6.07, 6.45) is 2.63. The van der Waals surface area contributed by atoms with Crippen LogP contribution < -0.4 is 10.1 Å². The number of anilines is 1. The van der Waals surface area contributed by atoms with Crippen LogP contribution in [0.15, 0.2) is 41.6 Å². The second kappa shape index (κ2) is 12.6. The molecule has 1 aromatic heterocycles. The van der Waals surface area contributed by atoms with Gasteiger partial charge in [0.15, 0.2) is 5.16 Å². The quantitative estimate of drug-likeness (QED) is 0.287. The van der Waals surface area contributed by atoms with Crippen LogP contribution in [-0.2, 0) is 29.4 Å². The maximum absolute atomic E-state index is 12.5. The van der Waals surface area contributed by atoms with Gasteiger partial charge in [-0.2, -0.15) is 0 Å². The van der Waals surface area contributed by atoms with Crippen LogP contribution in [0.4, 0.5) is 5.69 Å². The Bertz CT molecular complexity index is 1200. The molecule has 0 saturated heterocycles. The first-order chi connectivity index (χ1) is 16.8. The molecule has 3 aromatic rings. The van der Waals surface area contributed by atoms with Crippen molar-refractivity contribution in [1.29, 1.82) is 0 Å². The second-order valence-electron chi connectivity index (χ2n) is 7.87. The van der Waals surface area contributed by atoms with E-state index < -0.39 is 5.97 Å². The summed E-state index contributed by atoms with van der Waals surface area (Å²) in [5.74, 6) is 1.14. The smallest absolute Gasteiger partial charge is 0.338 e. The number of nitrogens with zero attached hydrogens (tertiary/aromatic N) is 3. The van der Waals surface area contributed by atoms with Gasteiger partial charge in [-0.25, -0.2) is 4.79 Å². The zero-order valence-electron chi connectivity index (χ0n) is 20.3. The van der Waals surface area contributed by atoms with E-state index in [0.29, 0.717) is 21.4 Å². The number of thioether (sulfide) groups is 1. The molecule has 0 atom stereocenters. The average Bonchev–Trinajstić information content (AvgIpc) is 3.18. The minimum atomic E-state index is -0.470. The number of amides is 1. The minimum absolute atomic E-state index is 0.122. The van der Waals surface area contributed by atoms with Crippen molar-refractivity contribution in [2.45, 2.75) is 38.3 Å². The molecular formula is C25H29ClN4O4S. The number of hydrogen-bond acceptors (Lipinski definition) is 7. The third kappa shape index (κ3) is 7.22. The Balaban J connectivity index is 1.51.